The monoisotopic (exact) mass is 344 g/mol. The Labute approximate surface area is 138 Å². The largest absolute Gasteiger partial charge is 0.463 e. The Balaban J connectivity index is 3.40. The molecule has 1 aliphatic rings. The zero-order valence-electron chi connectivity index (χ0n) is 13.8. The van der Waals surface area contributed by atoms with Crippen LogP contribution in [-0.2, 0) is 38.1 Å². The van der Waals surface area contributed by atoms with Gasteiger partial charge < -0.3 is 29.4 Å². The molecule has 0 saturated carbocycles. The number of carbonyl (C=O) groups is 3. The summed E-state index contributed by atoms with van der Waals surface area (Å²) >= 11 is 0. The molecule has 0 aromatic carbocycles. The van der Waals surface area contributed by atoms with Gasteiger partial charge in [0.1, 0.15) is 18.8 Å². The number of hydrogen-bond acceptors (Lipinski definition) is 9. The summed E-state index contributed by atoms with van der Waals surface area (Å²) in [5.74, 6) is -2.48. The minimum atomic E-state index is -2.09. The summed E-state index contributed by atoms with van der Waals surface area (Å²) in [5.41, 5.74) is 3.34. The molecule has 10 heteroatoms. The maximum absolute atomic E-state index is 12.1. The summed E-state index contributed by atoms with van der Waals surface area (Å²) in [5, 5.41) is 9.66. The molecular formula is C14H20N2O8. The van der Waals surface area contributed by atoms with Crippen LogP contribution < -0.4 is 5.73 Å². The van der Waals surface area contributed by atoms with Crippen LogP contribution in [0.1, 0.15) is 13.8 Å². The lowest BCUT2D eigenvalue weighted by molar-refractivity contribution is -0.299. The van der Waals surface area contributed by atoms with Crippen LogP contribution in [0.3, 0.4) is 0 Å². The molecule has 0 aliphatic carbocycles. The van der Waals surface area contributed by atoms with Crippen LogP contribution in [0.5, 0.6) is 0 Å². The van der Waals surface area contributed by atoms with Crippen molar-refractivity contribution in [3.05, 3.63) is 0 Å². The Morgan fingerprint density at radius 3 is 2.17 bits per heavy atom. The van der Waals surface area contributed by atoms with E-state index in [1.54, 1.807) is 6.07 Å². The van der Waals surface area contributed by atoms with E-state index in [0.717, 1.165) is 6.92 Å². The number of amides is 1. The van der Waals surface area contributed by atoms with Crippen LogP contribution in [0.4, 0.5) is 0 Å². The van der Waals surface area contributed by atoms with Gasteiger partial charge in [0.05, 0.1) is 6.07 Å². The third-order valence-corrected chi connectivity index (χ3v) is 3.61. The normalized spacial score (nSPS) is 32.5. The van der Waals surface area contributed by atoms with Crippen molar-refractivity contribution in [2.45, 2.75) is 38.4 Å². The summed E-state index contributed by atoms with van der Waals surface area (Å²) < 4.78 is 25.8. The van der Waals surface area contributed by atoms with Gasteiger partial charge in [-0.25, -0.2) is 0 Å². The van der Waals surface area contributed by atoms with Crippen molar-refractivity contribution < 1.29 is 38.1 Å². The molecule has 1 aliphatic heterocycles. The number of rotatable bonds is 6. The van der Waals surface area contributed by atoms with Crippen LogP contribution in [-0.4, -0.2) is 63.3 Å². The standard InChI is InChI=1S/C14H20N2O8/c1-7(17)22-5-9-10(23-8(2)18)14(6-15,13(16)19)11(20-3)12(21-4)24-9/h9-12H,5H2,1-4H3,(H2,16,19). The van der Waals surface area contributed by atoms with Gasteiger partial charge in [-0.05, 0) is 0 Å². The van der Waals surface area contributed by atoms with Crippen LogP contribution in [0, 0.1) is 16.7 Å². The molecule has 1 saturated heterocycles. The van der Waals surface area contributed by atoms with E-state index >= 15 is 0 Å². The van der Waals surface area contributed by atoms with E-state index in [1.165, 1.54) is 21.1 Å². The van der Waals surface area contributed by atoms with Crippen molar-refractivity contribution in [1.82, 2.24) is 0 Å². The predicted molar refractivity (Wildman–Crippen MR) is 75.9 cm³/mol. The van der Waals surface area contributed by atoms with Crippen LogP contribution in [0.25, 0.3) is 0 Å². The molecule has 0 bridgehead atoms. The van der Waals surface area contributed by atoms with E-state index in [-0.39, 0.29) is 6.61 Å². The summed E-state index contributed by atoms with van der Waals surface area (Å²) in [6, 6.07) is 1.78. The van der Waals surface area contributed by atoms with Crippen LogP contribution in [0.15, 0.2) is 0 Å². The number of carbonyl (C=O) groups excluding carboxylic acids is 3. The molecule has 1 rings (SSSR count). The lowest BCUT2D eigenvalue weighted by Crippen LogP contribution is -2.68. The maximum Gasteiger partial charge on any atom is 0.303 e. The minimum Gasteiger partial charge on any atom is -0.463 e. The average molecular weight is 344 g/mol. The highest BCUT2D eigenvalue weighted by molar-refractivity contribution is 5.86. The van der Waals surface area contributed by atoms with E-state index in [0.29, 0.717) is 0 Å². The molecule has 1 amide bonds. The second-order valence-electron chi connectivity index (χ2n) is 5.11. The van der Waals surface area contributed by atoms with E-state index < -0.39 is 47.9 Å². The summed E-state index contributed by atoms with van der Waals surface area (Å²) in [6.07, 6.45) is -5.04. The molecule has 24 heavy (non-hydrogen) atoms. The molecular weight excluding hydrogens is 324 g/mol. The summed E-state index contributed by atoms with van der Waals surface area (Å²) in [4.78, 5) is 34.6. The number of ether oxygens (including phenoxy) is 5. The van der Waals surface area contributed by atoms with Crippen molar-refractivity contribution in [2.75, 3.05) is 20.8 Å². The smallest absolute Gasteiger partial charge is 0.303 e. The SMILES string of the molecule is COC1OC(COC(C)=O)C(OC(C)=O)C(C#N)(C(N)=O)C1OC. The molecule has 0 aromatic rings. The molecule has 5 unspecified atom stereocenters. The fourth-order valence-electron chi connectivity index (χ4n) is 2.60. The molecule has 0 radical (unpaired) electrons. The molecule has 5 atom stereocenters. The molecule has 1 heterocycles. The first-order valence-corrected chi connectivity index (χ1v) is 6.97. The van der Waals surface area contributed by atoms with Crippen LogP contribution in [0.2, 0.25) is 0 Å². The average Bonchev–Trinajstić information content (AvgIpc) is 2.51. The van der Waals surface area contributed by atoms with Gasteiger partial charge in [-0.2, -0.15) is 5.26 Å². The number of hydrogen-bond donors (Lipinski definition) is 1. The van der Waals surface area contributed by atoms with Gasteiger partial charge in [0.25, 0.3) is 0 Å². The van der Waals surface area contributed by atoms with Gasteiger partial charge in [0, 0.05) is 28.1 Å². The van der Waals surface area contributed by atoms with E-state index in [2.05, 4.69) is 0 Å². The van der Waals surface area contributed by atoms with Gasteiger partial charge in [-0.15, -0.1) is 0 Å². The first-order valence-electron chi connectivity index (χ1n) is 6.97. The summed E-state index contributed by atoms with van der Waals surface area (Å²) in [6.45, 7) is 1.89. The highest BCUT2D eigenvalue weighted by Gasteiger charge is 2.64. The van der Waals surface area contributed by atoms with Crippen molar-refractivity contribution in [2.24, 2.45) is 11.1 Å². The zero-order chi connectivity index (χ0) is 18.5. The maximum atomic E-state index is 12.1. The second-order valence-corrected chi connectivity index (χ2v) is 5.11. The molecule has 134 valence electrons. The van der Waals surface area contributed by atoms with E-state index in [1.807, 2.05) is 0 Å². The number of nitrogens with two attached hydrogens (primary N) is 1. The summed E-state index contributed by atoms with van der Waals surface area (Å²) in [7, 11) is 2.50. The molecule has 0 aromatic heterocycles. The van der Waals surface area contributed by atoms with Crippen molar-refractivity contribution in [3.63, 3.8) is 0 Å². The lowest BCUT2D eigenvalue weighted by Gasteiger charge is -2.47. The van der Waals surface area contributed by atoms with E-state index in [9.17, 15) is 19.6 Å². The Kier molecular flexibility index (Phi) is 6.65. The Morgan fingerprint density at radius 2 is 1.79 bits per heavy atom. The van der Waals surface area contributed by atoms with Gasteiger partial charge in [-0.3, -0.25) is 14.4 Å². The highest BCUT2D eigenvalue weighted by Crippen LogP contribution is 2.41. The predicted octanol–water partition coefficient (Wildman–Crippen LogP) is -1.14. The van der Waals surface area contributed by atoms with Crippen molar-refractivity contribution in [3.8, 4) is 6.07 Å². The number of primary amides is 1. The fourth-order valence-corrected chi connectivity index (χ4v) is 2.60. The quantitative estimate of drug-likeness (QED) is 0.590. The van der Waals surface area contributed by atoms with Gasteiger partial charge in [0.2, 0.25) is 11.3 Å². The van der Waals surface area contributed by atoms with Crippen molar-refractivity contribution >= 4 is 17.8 Å². The number of nitrogens with zero attached hydrogens (tertiary/aromatic N) is 1. The molecule has 1 fully saturated rings. The van der Waals surface area contributed by atoms with Crippen molar-refractivity contribution in [1.29, 1.82) is 5.26 Å². The second kappa shape index (κ2) is 8.05. The third kappa shape index (κ3) is 3.64. The number of nitriles is 1. The minimum absolute atomic E-state index is 0.375. The first kappa shape index (κ1) is 19.8. The molecule has 10 nitrogen and oxygen atoms in total. The Hall–Kier alpha value is -2.22. The van der Waals surface area contributed by atoms with E-state index in [4.69, 9.17) is 29.4 Å². The number of esters is 2. The first-order chi connectivity index (χ1) is 11.2. The topological polar surface area (TPSA) is 147 Å². The van der Waals surface area contributed by atoms with Crippen LogP contribution >= 0.6 is 0 Å². The third-order valence-electron chi connectivity index (χ3n) is 3.61. The molecule has 0 spiro atoms. The highest BCUT2D eigenvalue weighted by atomic mass is 16.7. The van der Waals surface area contributed by atoms with Gasteiger partial charge in [0.15, 0.2) is 12.4 Å². The van der Waals surface area contributed by atoms with Gasteiger partial charge in [-0.1, -0.05) is 0 Å². The number of methoxy groups -OCH3 is 2. The Bertz CT molecular complexity index is 545. The zero-order valence-corrected chi connectivity index (χ0v) is 13.8. The lowest BCUT2D eigenvalue weighted by atomic mass is 9.72. The fraction of sp³-hybridized carbons (Fsp3) is 0.714. The van der Waals surface area contributed by atoms with Gasteiger partial charge >= 0.3 is 11.9 Å². The molecule has 2 N–H and O–H groups in total. The Morgan fingerprint density at radius 1 is 1.17 bits per heavy atom.